The second kappa shape index (κ2) is 8.20. The molecule has 4 N–H and O–H groups in total. The van der Waals surface area contributed by atoms with Gasteiger partial charge in [-0.05, 0) is 42.5 Å². The van der Waals surface area contributed by atoms with E-state index >= 15 is 0 Å². The first-order chi connectivity index (χ1) is 13.6. The topological polar surface area (TPSA) is 87.8 Å². The van der Waals surface area contributed by atoms with Crippen molar-refractivity contribution in [1.82, 2.24) is 0 Å². The van der Waals surface area contributed by atoms with Gasteiger partial charge >= 0.3 is 0 Å². The molecule has 3 atom stereocenters. The minimum absolute atomic E-state index is 0.0324. The number of carbonyl (C=O) groups excluding carboxylic acids is 1. The van der Waals surface area contributed by atoms with Crippen molar-refractivity contribution in [3.05, 3.63) is 59.7 Å². The third-order valence-corrected chi connectivity index (χ3v) is 5.52. The van der Waals surface area contributed by atoms with Crippen LogP contribution in [0.1, 0.15) is 36.5 Å². The van der Waals surface area contributed by atoms with Gasteiger partial charge in [0.05, 0.1) is 36.6 Å². The predicted octanol–water partition coefficient (Wildman–Crippen LogP) is 2.58. The highest BCUT2D eigenvalue weighted by Crippen LogP contribution is 2.36. The number of hydrogen-bond donors (Lipinski definition) is 3. The van der Waals surface area contributed by atoms with Crippen LogP contribution in [0, 0.1) is 0 Å². The largest absolute Gasteiger partial charge is 0.389 e. The van der Waals surface area contributed by atoms with Gasteiger partial charge < -0.3 is 25.8 Å². The quantitative estimate of drug-likeness (QED) is 0.686. The summed E-state index contributed by atoms with van der Waals surface area (Å²) >= 11 is 0. The maximum absolute atomic E-state index is 11.5. The molecule has 2 aromatic carbocycles. The normalized spacial score (nSPS) is 21.5. The third-order valence-electron chi connectivity index (χ3n) is 5.52. The first kappa shape index (κ1) is 18.8. The van der Waals surface area contributed by atoms with Crippen molar-refractivity contribution >= 4 is 17.3 Å². The monoisotopic (exact) mass is 381 g/mol. The van der Waals surface area contributed by atoms with Gasteiger partial charge in [0.1, 0.15) is 6.17 Å². The molecule has 0 saturated heterocycles. The van der Waals surface area contributed by atoms with E-state index in [-0.39, 0.29) is 31.2 Å². The van der Waals surface area contributed by atoms with Crippen LogP contribution >= 0.6 is 0 Å². The van der Waals surface area contributed by atoms with E-state index in [0.29, 0.717) is 6.54 Å². The maximum Gasteiger partial charge on any atom is 0.221 e. The van der Waals surface area contributed by atoms with Crippen LogP contribution in [0.5, 0.6) is 0 Å². The number of β-amino-alcohol motifs (C(OH)–C–C–N with tert-alkyl or cyclic N) is 1. The Kier molecular flexibility index (Phi) is 5.50. The molecule has 0 bridgehead atoms. The number of nitrogens with two attached hydrogens (primary N) is 1. The number of rotatable bonds is 7. The number of hydrogen-bond acceptors (Lipinski definition) is 5. The Morgan fingerprint density at radius 1 is 1.25 bits per heavy atom. The molecule has 1 amide bonds. The smallest absolute Gasteiger partial charge is 0.221 e. The molecule has 0 spiro atoms. The third kappa shape index (κ3) is 3.98. The molecule has 1 aliphatic carbocycles. The van der Waals surface area contributed by atoms with Crippen LogP contribution < -0.4 is 16.0 Å². The summed E-state index contributed by atoms with van der Waals surface area (Å²) in [7, 11) is 0. The molecule has 6 nitrogen and oxygen atoms in total. The van der Waals surface area contributed by atoms with Crippen LogP contribution in [0.4, 0.5) is 11.4 Å². The first-order valence-electron chi connectivity index (χ1n) is 9.90. The van der Waals surface area contributed by atoms with Gasteiger partial charge in [0.25, 0.3) is 0 Å². The molecule has 1 unspecified atom stereocenters. The Hall–Kier alpha value is -2.57. The molecule has 28 heavy (non-hydrogen) atoms. The zero-order chi connectivity index (χ0) is 19.5. The van der Waals surface area contributed by atoms with Gasteiger partial charge in [-0.15, -0.1) is 0 Å². The molecule has 6 heteroatoms. The van der Waals surface area contributed by atoms with Gasteiger partial charge in [-0.2, -0.15) is 0 Å². The van der Waals surface area contributed by atoms with Gasteiger partial charge in [-0.1, -0.05) is 36.4 Å². The summed E-state index contributed by atoms with van der Waals surface area (Å²) in [4.78, 5) is 13.5. The molecule has 148 valence electrons. The van der Waals surface area contributed by atoms with Crippen molar-refractivity contribution in [2.45, 2.75) is 44.1 Å². The van der Waals surface area contributed by atoms with Crippen LogP contribution in [0.2, 0.25) is 0 Å². The molecule has 4 rings (SSSR count). The summed E-state index contributed by atoms with van der Waals surface area (Å²) in [5, 5.41) is 14.0. The molecular formula is C22H27N3O3. The number of aryl methyl sites for hydroxylation is 1. The van der Waals surface area contributed by atoms with E-state index in [4.69, 9.17) is 10.5 Å². The number of aliphatic hydroxyl groups excluding tert-OH is 1. The molecule has 0 fully saturated rings. The van der Waals surface area contributed by atoms with Crippen molar-refractivity contribution in [3.8, 4) is 0 Å². The number of ether oxygens (including phenoxy) is 1. The SMILES string of the molecule is NC(=O)CC1Nc2ccccc2N1C[C@H](O)CO[C@H]1CCCc2ccccc21. The number of nitrogens with zero attached hydrogens (tertiary/aromatic N) is 1. The number of primary amides is 1. The minimum atomic E-state index is -0.669. The van der Waals surface area contributed by atoms with Gasteiger partial charge in [0.2, 0.25) is 5.91 Å². The lowest BCUT2D eigenvalue weighted by Crippen LogP contribution is -2.44. The summed E-state index contributed by atoms with van der Waals surface area (Å²) in [5.41, 5.74) is 9.90. The summed E-state index contributed by atoms with van der Waals surface area (Å²) in [6.45, 7) is 0.622. The van der Waals surface area contributed by atoms with Crippen LogP contribution in [-0.4, -0.2) is 36.4 Å². The number of benzene rings is 2. The van der Waals surface area contributed by atoms with Crippen molar-refractivity contribution in [2.75, 3.05) is 23.4 Å². The average Bonchev–Trinajstić information content (AvgIpc) is 3.02. The second-order valence-corrected chi connectivity index (χ2v) is 7.57. The lowest BCUT2D eigenvalue weighted by molar-refractivity contribution is -0.118. The van der Waals surface area contributed by atoms with E-state index in [0.717, 1.165) is 30.6 Å². The fraction of sp³-hybridized carbons (Fsp3) is 0.409. The maximum atomic E-state index is 11.5. The Bertz CT molecular complexity index is 841. The average molecular weight is 381 g/mol. The Balaban J connectivity index is 1.40. The zero-order valence-corrected chi connectivity index (χ0v) is 15.9. The standard InChI is InChI=1S/C22H27N3O3/c23-21(27)12-22-24-18-9-3-4-10-19(18)25(22)13-16(26)14-28-20-11-5-7-15-6-1-2-8-17(15)20/h1-4,6,8-10,16,20,22,24,26H,5,7,11-14H2,(H2,23,27)/t16-,20-,22?/m0/s1. The van der Waals surface area contributed by atoms with Crippen molar-refractivity contribution in [1.29, 1.82) is 0 Å². The number of fused-ring (bicyclic) bond motifs is 2. The second-order valence-electron chi connectivity index (χ2n) is 7.57. The van der Waals surface area contributed by atoms with Gasteiger partial charge in [0, 0.05) is 6.54 Å². The molecule has 0 aromatic heterocycles. The minimum Gasteiger partial charge on any atom is -0.389 e. The van der Waals surface area contributed by atoms with E-state index in [9.17, 15) is 9.90 Å². The highest BCUT2D eigenvalue weighted by atomic mass is 16.5. The summed E-state index contributed by atoms with van der Waals surface area (Å²) in [6.07, 6.45) is 2.45. The van der Waals surface area contributed by atoms with Gasteiger partial charge in [0.15, 0.2) is 0 Å². The highest BCUT2D eigenvalue weighted by Gasteiger charge is 2.31. The number of aliphatic hydroxyl groups is 1. The summed E-state index contributed by atoms with van der Waals surface area (Å²) in [6, 6.07) is 16.2. The molecule has 1 aliphatic heterocycles. The van der Waals surface area contributed by atoms with E-state index in [1.807, 2.05) is 35.2 Å². The lowest BCUT2D eigenvalue weighted by Gasteiger charge is -2.30. The highest BCUT2D eigenvalue weighted by molar-refractivity contribution is 5.81. The van der Waals surface area contributed by atoms with Crippen LogP contribution in [0.3, 0.4) is 0 Å². The Labute approximate surface area is 165 Å². The van der Waals surface area contributed by atoms with Crippen molar-refractivity contribution in [2.24, 2.45) is 5.73 Å². The van der Waals surface area contributed by atoms with E-state index in [2.05, 4.69) is 23.5 Å². The first-order valence-corrected chi connectivity index (χ1v) is 9.90. The zero-order valence-electron chi connectivity index (χ0n) is 15.9. The molecule has 0 radical (unpaired) electrons. The molecular weight excluding hydrogens is 354 g/mol. The van der Waals surface area contributed by atoms with E-state index in [1.165, 1.54) is 11.1 Å². The van der Waals surface area contributed by atoms with E-state index in [1.54, 1.807) is 0 Å². The van der Waals surface area contributed by atoms with Crippen molar-refractivity contribution in [3.63, 3.8) is 0 Å². The number of nitrogens with one attached hydrogen (secondary N) is 1. The number of carbonyl (C=O) groups is 1. The van der Waals surface area contributed by atoms with Crippen molar-refractivity contribution < 1.29 is 14.6 Å². The van der Waals surface area contributed by atoms with Crippen LogP contribution in [-0.2, 0) is 16.0 Å². The molecule has 0 saturated carbocycles. The Morgan fingerprint density at radius 2 is 2.04 bits per heavy atom. The fourth-order valence-electron chi connectivity index (χ4n) is 4.24. The van der Waals surface area contributed by atoms with Gasteiger partial charge in [-0.3, -0.25) is 4.79 Å². The summed E-state index contributed by atoms with van der Waals surface area (Å²) in [5.74, 6) is -0.375. The van der Waals surface area contributed by atoms with Crippen LogP contribution in [0.15, 0.2) is 48.5 Å². The molecule has 2 aromatic rings. The number of para-hydroxylation sites is 2. The van der Waals surface area contributed by atoms with Gasteiger partial charge in [-0.25, -0.2) is 0 Å². The lowest BCUT2D eigenvalue weighted by atomic mass is 9.89. The van der Waals surface area contributed by atoms with E-state index < -0.39 is 6.10 Å². The number of anilines is 2. The fourth-order valence-corrected chi connectivity index (χ4v) is 4.24. The number of amides is 1. The predicted molar refractivity (Wildman–Crippen MR) is 109 cm³/mol. The summed E-state index contributed by atoms with van der Waals surface area (Å²) < 4.78 is 6.10. The van der Waals surface area contributed by atoms with Crippen LogP contribution in [0.25, 0.3) is 0 Å². The molecule has 1 heterocycles. The molecule has 2 aliphatic rings. The Morgan fingerprint density at radius 3 is 2.89 bits per heavy atom.